The number of hydrogen-bond acceptors (Lipinski definition) is 4. The smallest absolute Gasteiger partial charge is 0.224 e. The number of benzene rings is 1. The lowest BCUT2D eigenvalue weighted by Gasteiger charge is -2.28. The first-order chi connectivity index (χ1) is 11.0. The van der Waals surface area contributed by atoms with Crippen LogP contribution in [0.25, 0.3) is 0 Å². The Kier molecular flexibility index (Phi) is 8.01. The van der Waals surface area contributed by atoms with Gasteiger partial charge in [0, 0.05) is 25.1 Å². The van der Waals surface area contributed by atoms with Gasteiger partial charge in [0.25, 0.3) is 0 Å². The van der Waals surface area contributed by atoms with Crippen LogP contribution in [0.15, 0.2) is 18.2 Å². The fraction of sp³-hybridized carbons (Fsp3) is 0.529. The van der Waals surface area contributed by atoms with E-state index in [-0.39, 0.29) is 36.2 Å². The highest BCUT2D eigenvalue weighted by atomic mass is 35.5. The number of methoxy groups -OCH3 is 1. The Hall–Kier alpha value is -1.79. The van der Waals surface area contributed by atoms with Crippen LogP contribution in [0, 0.1) is 5.92 Å². The number of ether oxygens (including phenoxy) is 1. The molecule has 1 aliphatic rings. The Bertz CT molecular complexity index is 580. The zero-order valence-electron chi connectivity index (χ0n) is 14.1. The molecule has 1 aromatic carbocycles. The van der Waals surface area contributed by atoms with Crippen LogP contribution in [-0.4, -0.2) is 25.0 Å². The predicted molar refractivity (Wildman–Crippen MR) is 97.7 cm³/mol. The van der Waals surface area contributed by atoms with Gasteiger partial charge >= 0.3 is 0 Å². The van der Waals surface area contributed by atoms with E-state index in [1.807, 2.05) is 0 Å². The molecule has 1 fully saturated rings. The average Bonchev–Trinajstić information content (AvgIpc) is 2.49. The molecular weight excluding hydrogens is 330 g/mol. The van der Waals surface area contributed by atoms with Crippen molar-refractivity contribution in [2.45, 2.75) is 45.1 Å². The summed E-state index contributed by atoms with van der Waals surface area (Å²) in [6.45, 7) is 1.44. The number of carbonyl (C=O) groups is 2. The fourth-order valence-electron chi connectivity index (χ4n) is 3.02. The number of rotatable bonds is 5. The molecule has 0 bridgehead atoms. The Morgan fingerprint density at radius 1 is 1.25 bits per heavy atom. The van der Waals surface area contributed by atoms with Crippen LogP contribution >= 0.6 is 12.4 Å². The summed E-state index contributed by atoms with van der Waals surface area (Å²) in [4.78, 5) is 23.5. The van der Waals surface area contributed by atoms with Crippen molar-refractivity contribution in [3.8, 4) is 5.75 Å². The average molecular weight is 356 g/mol. The van der Waals surface area contributed by atoms with Crippen LogP contribution < -0.4 is 21.1 Å². The minimum Gasteiger partial charge on any atom is -0.495 e. The van der Waals surface area contributed by atoms with Gasteiger partial charge in [-0.1, -0.05) is 12.8 Å². The quantitative estimate of drug-likeness (QED) is 0.757. The Morgan fingerprint density at radius 3 is 2.58 bits per heavy atom. The lowest BCUT2D eigenvalue weighted by Crippen LogP contribution is -2.35. The van der Waals surface area contributed by atoms with Crippen LogP contribution in [0.4, 0.5) is 11.4 Å². The van der Waals surface area contributed by atoms with Gasteiger partial charge in [0.15, 0.2) is 0 Å². The third-order valence-corrected chi connectivity index (χ3v) is 4.21. The van der Waals surface area contributed by atoms with Crippen LogP contribution in [0.1, 0.15) is 39.0 Å². The lowest BCUT2D eigenvalue weighted by molar-refractivity contribution is -0.117. The van der Waals surface area contributed by atoms with Gasteiger partial charge in [-0.05, 0) is 37.0 Å². The van der Waals surface area contributed by atoms with E-state index in [0.29, 0.717) is 23.5 Å². The maximum atomic E-state index is 12.3. The number of nitrogens with one attached hydrogen (secondary N) is 2. The number of carbonyl (C=O) groups excluding carboxylic acids is 2. The number of nitrogens with two attached hydrogens (primary N) is 1. The first-order valence-electron chi connectivity index (χ1n) is 8.00. The van der Waals surface area contributed by atoms with Crippen molar-refractivity contribution >= 4 is 35.6 Å². The summed E-state index contributed by atoms with van der Waals surface area (Å²) in [6.07, 6.45) is 4.67. The van der Waals surface area contributed by atoms with Crippen molar-refractivity contribution in [3.05, 3.63) is 18.2 Å². The minimum atomic E-state index is -0.166. The van der Waals surface area contributed by atoms with Gasteiger partial charge < -0.3 is 21.1 Å². The third kappa shape index (κ3) is 5.69. The number of hydrogen-bond donors (Lipinski definition) is 3. The molecule has 0 radical (unpaired) electrons. The van der Waals surface area contributed by atoms with E-state index in [4.69, 9.17) is 10.5 Å². The van der Waals surface area contributed by atoms with Crippen LogP contribution in [0.2, 0.25) is 0 Å². The van der Waals surface area contributed by atoms with E-state index < -0.39 is 0 Å². The normalized spacial score (nSPS) is 19.8. The maximum absolute atomic E-state index is 12.3. The Balaban J connectivity index is 0.00000288. The largest absolute Gasteiger partial charge is 0.495 e. The van der Waals surface area contributed by atoms with Crippen LogP contribution in [-0.2, 0) is 9.59 Å². The van der Waals surface area contributed by atoms with Crippen molar-refractivity contribution < 1.29 is 14.3 Å². The molecule has 0 spiro atoms. The van der Waals surface area contributed by atoms with Crippen LogP contribution in [0.5, 0.6) is 5.75 Å². The molecule has 24 heavy (non-hydrogen) atoms. The topological polar surface area (TPSA) is 93.5 Å². The second kappa shape index (κ2) is 9.49. The lowest BCUT2D eigenvalue weighted by atomic mass is 9.83. The van der Waals surface area contributed by atoms with Crippen molar-refractivity contribution in [2.75, 3.05) is 17.7 Å². The van der Waals surface area contributed by atoms with Crippen molar-refractivity contribution in [1.29, 1.82) is 0 Å². The molecule has 0 heterocycles. The summed E-state index contributed by atoms with van der Waals surface area (Å²) in [5.74, 6) is 0.542. The molecule has 4 N–H and O–H groups in total. The maximum Gasteiger partial charge on any atom is 0.224 e. The molecule has 134 valence electrons. The standard InChI is InChI=1S/C17H25N3O3.ClH/c1-11(21)19-13-7-8-16(23-2)15(10-13)20-17(22)9-12-5-3-4-6-14(12)18;/h7-8,10,12,14H,3-6,9,18H2,1-2H3,(H,19,21)(H,20,22);1H. The first-order valence-corrected chi connectivity index (χ1v) is 8.00. The summed E-state index contributed by atoms with van der Waals surface area (Å²) in [7, 11) is 1.54. The summed E-state index contributed by atoms with van der Waals surface area (Å²) in [6, 6.07) is 5.24. The number of anilines is 2. The van der Waals surface area contributed by atoms with Gasteiger partial charge in [-0.3, -0.25) is 9.59 Å². The van der Waals surface area contributed by atoms with E-state index in [9.17, 15) is 9.59 Å². The van der Waals surface area contributed by atoms with Crippen molar-refractivity contribution in [2.24, 2.45) is 11.7 Å². The molecule has 0 aliphatic heterocycles. The predicted octanol–water partition coefficient (Wildman–Crippen LogP) is 2.92. The molecule has 6 nitrogen and oxygen atoms in total. The SMILES string of the molecule is COc1ccc(NC(C)=O)cc1NC(=O)CC1CCCCC1N.Cl. The molecule has 2 rings (SSSR count). The number of halogens is 1. The van der Waals surface area contributed by atoms with Gasteiger partial charge in [0.2, 0.25) is 11.8 Å². The van der Waals surface area contributed by atoms with Gasteiger partial charge in [0.05, 0.1) is 12.8 Å². The molecule has 0 saturated heterocycles. The van der Waals surface area contributed by atoms with Gasteiger partial charge in [-0.15, -0.1) is 12.4 Å². The molecule has 1 aliphatic carbocycles. The highest BCUT2D eigenvalue weighted by Gasteiger charge is 2.24. The second-order valence-electron chi connectivity index (χ2n) is 6.06. The first kappa shape index (κ1) is 20.3. The van der Waals surface area contributed by atoms with Crippen molar-refractivity contribution in [1.82, 2.24) is 0 Å². The molecular formula is C17H26ClN3O3. The second-order valence-corrected chi connectivity index (χ2v) is 6.06. The summed E-state index contributed by atoms with van der Waals surface area (Å²) < 4.78 is 5.27. The van der Waals surface area contributed by atoms with E-state index >= 15 is 0 Å². The van der Waals surface area contributed by atoms with E-state index in [2.05, 4.69) is 10.6 Å². The summed E-state index contributed by atoms with van der Waals surface area (Å²) in [5.41, 5.74) is 7.27. The van der Waals surface area contributed by atoms with Crippen LogP contribution in [0.3, 0.4) is 0 Å². The van der Waals surface area contributed by atoms with Gasteiger partial charge in [-0.25, -0.2) is 0 Å². The molecule has 2 unspecified atom stereocenters. The van der Waals surface area contributed by atoms with Gasteiger partial charge in [-0.2, -0.15) is 0 Å². The molecule has 7 heteroatoms. The molecule has 1 aromatic rings. The van der Waals surface area contributed by atoms with E-state index in [0.717, 1.165) is 25.7 Å². The van der Waals surface area contributed by atoms with Crippen molar-refractivity contribution in [3.63, 3.8) is 0 Å². The molecule has 2 amide bonds. The molecule has 0 aromatic heterocycles. The fourth-order valence-corrected chi connectivity index (χ4v) is 3.02. The highest BCUT2D eigenvalue weighted by Crippen LogP contribution is 2.30. The highest BCUT2D eigenvalue weighted by molar-refractivity contribution is 5.95. The third-order valence-electron chi connectivity index (χ3n) is 4.21. The minimum absolute atomic E-state index is 0. The zero-order chi connectivity index (χ0) is 16.8. The summed E-state index contributed by atoms with van der Waals surface area (Å²) >= 11 is 0. The Morgan fingerprint density at radius 2 is 1.96 bits per heavy atom. The molecule has 1 saturated carbocycles. The zero-order valence-corrected chi connectivity index (χ0v) is 14.9. The van der Waals surface area contributed by atoms with Gasteiger partial charge in [0.1, 0.15) is 5.75 Å². The monoisotopic (exact) mass is 355 g/mol. The van der Waals surface area contributed by atoms with E-state index in [1.165, 1.54) is 6.92 Å². The summed E-state index contributed by atoms with van der Waals surface area (Å²) in [5, 5.41) is 5.56. The van der Waals surface area contributed by atoms with E-state index in [1.54, 1.807) is 25.3 Å². The number of amides is 2. The Labute approximate surface area is 148 Å². The molecule has 2 atom stereocenters.